The van der Waals surface area contributed by atoms with Gasteiger partial charge in [0.25, 0.3) is 0 Å². The first kappa shape index (κ1) is 16.1. The first-order valence-corrected chi connectivity index (χ1v) is 9.91. The zero-order valence-electron chi connectivity index (χ0n) is 14.7. The average Bonchev–Trinajstić information content (AvgIpc) is 3.46. The summed E-state index contributed by atoms with van der Waals surface area (Å²) < 4.78 is 0. The van der Waals surface area contributed by atoms with Crippen molar-refractivity contribution in [1.82, 2.24) is 9.80 Å². The number of benzene rings is 1. The van der Waals surface area contributed by atoms with Crippen LogP contribution in [0, 0.1) is 5.92 Å². The molecule has 0 aromatic heterocycles. The molecule has 0 radical (unpaired) electrons. The van der Waals surface area contributed by atoms with Gasteiger partial charge in [-0.05, 0) is 30.7 Å². The molecule has 1 aromatic rings. The second-order valence-electron chi connectivity index (χ2n) is 7.87. The zero-order valence-corrected chi connectivity index (χ0v) is 14.7. The standard InChI is InChI=1S/C21H30N2O/c24-21(20-16-19(20)17-8-4-3-5-9-17)23-14-12-22(13-15-23)18-10-6-1-2-7-11-18/h3-5,8-9,18-20H,1-2,6-7,10-16H2/t19-,20+/m1/s1. The molecule has 1 aromatic carbocycles. The van der Waals surface area contributed by atoms with E-state index in [1.807, 2.05) is 0 Å². The Bertz CT molecular complexity index is 542. The highest BCUT2D eigenvalue weighted by Gasteiger charge is 2.46. The molecular weight excluding hydrogens is 296 g/mol. The van der Waals surface area contributed by atoms with E-state index < -0.39 is 0 Å². The fourth-order valence-corrected chi connectivity index (χ4v) is 4.70. The van der Waals surface area contributed by atoms with Crippen LogP contribution in [0.5, 0.6) is 0 Å². The maximum Gasteiger partial charge on any atom is 0.226 e. The Morgan fingerprint density at radius 1 is 0.875 bits per heavy atom. The lowest BCUT2D eigenvalue weighted by Gasteiger charge is -2.39. The van der Waals surface area contributed by atoms with Gasteiger partial charge in [0.2, 0.25) is 5.91 Å². The van der Waals surface area contributed by atoms with Gasteiger partial charge in [-0.1, -0.05) is 56.0 Å². The lowest BCUT2D eigenvalue weighted by atomic mass is 10.1. The molecule has 130 valence electrons. The Balaban J connectivity index is 1.28. The Kier molecular flexibility index (Phi) is 4.88. The lowest BCUT2D eigenvalue weighted by molar-refractivity contribution is -0.134. The van der Waals surface area contributed by atoms with Gasteiger partial charge >= 0.3 is 0 Å². The van der Waals surface area contributed by atoms with Crippen molar-refractivity contribution >= 4 is 5.91 Å². The van der Waals surface area contributed by atoms with Crippen molar-refractivity contribution in [2.45, 2.75) is 56.9 Å². The summed E-state index contributed by atoms with van der Waals surface area (Å²) in [5.74, 6) is 1.12. The van der Waals surface area contributed by atoms with Crippen molar-refractivity contribution in [2.24, 2.45) is 5.92 Å². The van der Waals surface area contributed by atoms with Crippen molar-refractivity contribution in [3.63, 3.8) is 0 Å². The Morgan fingerprint density at radius 3 is 2.21 bits per heavy atom. The molecule has 2 aliphatic carbocycles. The zero-order chi connectivity index (χ0) is 16.4. The summed E-state index contributed by atoms with van der Waals surface area (Å²) in [6, 6.07) is 11.3. The van der Waals surface area contributed by atoms with E-state index in [0.29, 0.717) is 11.8 Å². The molecule has 3 heteroatoms. The van der Waals surface area contributed by atoms with Gasteiger partial charge in [-0.2, -0.15) is 0 Å². The summed E-state index contributed by atoms with van der Waals surface area (Å²) in [5.41, 5.74) is 1.34. The number of piperazine rings is 1. The first-order chi connectivity index (χ1) is 11.8. The highest BCUT2D eigenvalue weighted by atomic mass is 16.2. The van der Waals surface area contributed by atoms with Crippen molar-refractivity contribution in [3.8, 4) is 0 Å². The minimum atomic E-state index is 0.247. The average molecular weight is 326 g/mol. The van der Waals surface area contributed by atoms with Gasteiger partial charge in [0.1, 0.15) is 0 Å². The van der Waals surface area contributed by atoms with Crippen molar-refractivity contribution in [1.29, 1.82) is 0 Å². The third-order valence-electron chi connectivity index (χ3n) is 6.30. The number of hydrogen-bond acceptors (Lipinski definition) is 2. The van der Waals surface area contributed by atoms with Crippen LogP contribution in [0.1, 0.15) is 56.4 Å². The van der Waals surface area contributed by atoms with Crippen LogP contribution in [0.25, 0.3) is 0 Å². The minimum absolute atomic E-state index is 0.247. The Labute approximate surface area is 146 Å². The molecule has 1 heterocycles. The number of amides is 1. The van der Waals surface area contributed by atoms with Crippen molar-refractivity contribution < 1.29 is 4.79 Å². The second kappa shape index (κ2) is 7.26. The summed E-state index contributed by atoms with van der Waals surface area (Å²) in [4.78, 5) is 17.6. The van der Waals surface area contributed by atoms with E-state index in [1.54, 1.807) is 0 Å². The van der Waals surface area contributed by atoms with Gasteiger partial charge in [-0.3, -0.25) is 9.69 Å². The van der Waals surface area contributed by atoms with Crippen LogP contribution in [0.2, 0.25) is 0 Å². The fraction of sp³-hybridized carbons (Fsp3) is 0.667. The smallest absolute Gasteiger partial charge is 0.226 e. The van der Waals surface area contributed by atoms with Crippen LogP contribution < -0.4 is 0 Å². The number of rotatable bonds is 3. The molecule has 3 fully saturated rings. The molecule has 1 aliphatic heterocycles. The highest BCUT2D eigenvalue weighted by Crippen LogP contribution is 2.48. The van der Waals surface area contributed by atoms with E-state index in [1.165, 1.54) is 44.1 Å². The quantitative estimate of drug-likeness (QED) is 0.792. The molecule has 3 aliphatic rings. The molecule has 1 saturated heterocycles. The van der Waals surface area contributed by atoms with Crippen LogP contribution in [-0.2, 0) is 4.79 Å². The normalized spacial score (nSPS) is 29.2. The molecule has 4 rings (SSSR count). The van der Waals surface area contributed by atoms with E-state index in [-0.39, 0.29) is 5.92 Å². The van der Waals surface area contributed by atoms with E-state index >= 15 is 0 Å². The Morgan fingerprint density at radius 2 is 1.54 bits per heavy atom. The van der Waals surface area contributed by atoms with Gasteiger partial charge in [0.05, 0.1) is 0 Å². The second-order valence-corrected chi connectivity index (χ2v) is 7.87. The van der Waals surface area contributed by atoms with E-state index in [0.717, 1.165) is 38.6 Å². The maximum absolute atomic E-state index is 12.8. The summed E-state index contributed by atoms with van der Waals surface area (Å²) in [5, 5.41) is 0. The number of carbonyl (C=O) groups is 1. The minimum Gasteiger partial charge on any atom is -0.340 e. The molecule has 0 bridgehead atoms. The molecule has 2 atom stereocenters. The number of nitrogens with zero attached hydrogens (tertiary/aromatic N) is 2. The van der Waals surface area contributed by atoms with E-state index in [9.17, 15) is 4.79 Å². The molecule has 3 nitrogen and oxygen atoms in total. The van der Waals surface area contributed by atoms with Gasteiger partial charge in [-0.15, -0.1) is 0 Å². The fourth-order valence-electron chi connectivity index (χ4n) is 4.70. The summed E-state index contributed by atoms with van der Waals surface area (Å²) in [6.07, 6.45) is 9.40. The Hall–Kier alpha value is -1.35. The van der Waals surface area contributed by atoms with Crippen LogP contribution in [0.3, 0.4) is 0 Å². The summed E-state index contributed by atoms with van der Waals surface area (Å²) >= 11 is 0. The van der Waals surface area contributed by atoms with Crippen molar-refractivity contribution in [2.75, 3.05) is 26.2 Å². The molecule has 0 spiro atoms. The summed E-state index contributed by atoms with van der Waals surface area (Å²) in [6.45, 7) is 4.04. The SMILES string of the molecule is O=C([C@H]1C[C@@H]1c1ccccc1)N1CCN(C2CCCCCC2)CC1. The van der Waals surface area contributed by atoms with Crippen LogP contribution in [-0.4, -0.2) is 47.9 Å². The molecule has 0 N–H and O–H groups in total. The maximum atomic E-state index is 12.8. The van der Waals surface area contributed by atoms with Gasteiger partial charge in [0, 0.05) is 38.1 Å². The first-order valence-electron chi connectivity index (χ1n) is 9.91. The predicted molar refractivity (Wildman–Crippen MR) is 96.9 cm³/mol. The number of hydrogen-bond donors (Lipinski definition) is 0. The van der Waals surface area contributed by atoms with Gasteiger partial charge in [0.15, 0.2) is 0 Å². The third kappa shape index (κ3) is 3.51. The van der Waals surface area contributed by atoms with Gasteiger partial charge in [-0.25, -0.2) is 0 Å². The predicted octanol–water partition coefficient (Wildman–Crippen LogP) is 3.66. The monoisotopic (exact) mass is 326 g/mol. The van der Waals surface area contributed by atoms with E-state index in [2.05, 4.69) is 40.1 Å². The molecule has 24 heavy (non-hydrogen) atoms. The molecular formula is C21H30N2O. The highest BCUT2D eigenvalue weighted by molar-refractivity contribution is 5.83. The lowest BCUT2D eigenvalue weighted by Crippen LogP contribution is -2.52. The summed E-state index contributed by atoms with van der Waals surface area (Å²) in [7, 11) is 0. The molecule has 1 amide bonds. The van der Waals surface area contributed by atoms with E-state index in [4.69, 9.17) is 0 Å². The third-order valence-corrected chi connectivity index (χ3v) is 6.30. The van der Waals surface area contributed by atoms with Crippen LogP contribution in [0.4, 0.5) is 0 Å². The molecule has 0 unspecified atom stereocenters. The van der Waals surface area contributed by atoms with Crippen LogP contribution in [0.15, 0.2) is 30.3 Å². The van der Waals surface area contributed by atoms with Crippen LogP contribution >= 0.6 is 0 Å². The van der Waals surface area contributed by atoms with Gasteiger partial charge < -0.3 is 4.90 Å². The largest absolute Gasteiger partial charge is 0.340 e. The molecule has 2 saturated carbocycles. The number of carbonyl (C=O) groups excluding carboxylic acids is 1. The topological polar surface area (TPSA) is 23.6 Å². The van der Waals surface area contributed by atoms with Crippen molar-refractivity contribution in [3.05, 3.63) is 35.9 Å².